The van der Waals surface area contributed by atoms with Gasteiger partial charge in [-0.2, -0.15) is 0 Å². The van der Waals surface area contributed by atoms with Gasteiger partial charge >= 0.3 is 5.97 Å². The van der Waals surface area contributed by atoms with Crippen molar-refractivity contribution in [2.45, 2.75) is 26.1 Å². The van der Waals surface area contributed by atoms with Gasteiger partial charge in [0, 0.05) is 12.2 Å². The molecule has 150 valence electrons. The number of hydrogen-bond donors (Lipinski definition) is 2. The molecule has 0 fully saturated rings. The molecular formula is C22H21FN2O4. The number of esters is 1. The van der Waals surface area contributed by atoms with E-state index in [0.717, 1.165) is 11.3 Å². The van der Waals surface area contributed by atoms with Crippen molar-refractivity contribution in [3.8, 4) is 0 Å². The average Bonchev–Trinajstić information content (AvgIpc) is 3.25. The predicted octanol–water partition coefficient (Wildman–Crippen LogP) is 3.89. The fourth-order valence-corrected chi connectivity index (χ4v) is 2.62. The first-order valence-corrected chi connectivity index (χ1v) is 9.11. The third kappa shape index (κ3) is 5.68. The van der Waals surface area contributed by atoms with E-state index in [1.165, 1.54) is 19.1 Å². The van der Waals surface area contributed by atoms with Gasteiger partial charge in [-0.05, 0) is 48.9 Å². The Kier molecular flexibility index (Phi) is 6.63. The lowest BCUT2D eigenvalue weighted by atomic mass is 10.1. The van der Waals surface area contributed by atoms with Crippen LogP contribution in [-0.2, 0) is 22.6 Å². The molecule has 0 aliphatic heterocycles. The van der Waals surface area contributed by atoms with Crippen LogP contribution in [-0.4, -0.2) is 18.0 Å². The first-order valence-electron chi connectivity index (χ1n) is 9.11. The molecule has 0 spiro atoms. The minimum atomic E-state index is -0.985. The summed E-state index contributed by atoms with van der Waals surface area (Å²) in [7, 11) is 0. The molecule has 0 radical (unpaired) electrons. The molecule has 3 rings (SSSR count). The van der Waals surface area contributed by atoms with Gasteiger partial charge in [-0.3, -0.25) is 4.79 Å². The Balaban J connectivity index is 1.56. The average molecular weight is 396 g/mol. The lowest BCUT2D eigenvalue weighted by Gasteiger charge is -2.15. The summed E-state index contributed by atoms with van der Waals surface area (Å²) in [6.45, 7) is 2.12. The van der Waals surface area contributed by atoms with Crippen LogP contribution in [0.1, 0.15) is 28.6 Å². The molecule has 2 N–H and O–H groups in total. The molecule has 3 aromatic rings. The topological polar surface area (TPSA) is 80.6 Å². The Bertz CT molecular complexity index is 955. The number of hydrogen-bond acceptors (Lipinski definition) is 5. The molecule has 0 saturated heterocycles. The summed E-state index contributed by atoms with van der Waals surface area (Å²) in [5.41, 5.74) is 1.64. The predicted molar refractivity (Wildman–Crippen MR) is 106 cm³/mol. The van der Waals surface area contributed by atoms with Gasteiger partial charge in [0.05, 0.1) is 18.4 Å². The standard InChI is InChI=1S/C22H21FN2O4/c1-15(21(26)25-13-16-8-10-17(23)11-9-16)29-22(27)19-6-2-3-7-20(19)24-14-18-5-4-12-28-18/h2-12,15,24H,13-14H2,1H3,(H,25,26)/t15-/m1/s1. The monoisotopic (exact) mass is 396 g/mol. The maximum atomic E-state index is 12.9. The molecule has 6 nitrogen and oxygen atoms in total. The Morgan fingerprint density at radius 1 is 1.03 bits per heavy atom. The molecule has 1 amide bonds. The summed E-state index contributed by atoms with van der Waals surface area (Å²) in [6.07, 6.45) is 0.588. The van der Waals surface area contributed by atoms with E-state index < -0.39 is 18.0 Å². The smallest absolute Gasteiger partial charge is 0.341 e. The zero-order valence-corrected chi connectivity index (χ0v) is 15.9. The third-order valence-electron chi connectivity index (χ3n) is 4.21. The lowest BCUT2D eigenvalue weighted by molar-refractivity contribution is -0.129. The van der Waals surface area contributed by atoms with Crippen molar-refractivity contribution in [3.05, 3.63) is 89.6 Å². The van der Waals surface area contributed by atoms with Crippen LogP contribution in [0.25, 0.3) is 0 Å². The maximum absolute atomic E-state index is 12.9. The molecule has 0 aliphatic rings. The third-order valence-corrected chi connectivity index (χ3v) is 4.21. The van der Waals surface area contributed by atoms with Gasteiger partial charge in [-0.1, -0.05) is 24.3 Å². The van der Waals surface area contributed by atoms with E-state index in [2.05, 4.69) is 10.6 Å². The highest BCUT2D eigenvalue weighted by Gasteiger charge is 2.20. The lowest BCUT2D eigenvalue weighted by Crippen LogP contribution is -2.35. The van der Waals surface area contributed by atoms with Crippen molar-refractivity contribution in [3.63, 3.8) is 0 Å². The normalized spacial score (nSPS) is 11.5. The largest absolute Gasteiger partial charge is 0.467 e. The second-order valence-electron chi connectivity index (χ2n) is 6.37. The molecular weight excluding hydrogens is 375 g/mol. The van der Waals surface area contributed by atoms with E-state index in [1.807, 2.05) is 6.07 Å². The fraction of sp³-hybridized carbons (Fsp3) is 0.182. The van der Waals surface area contributed by atoms with Crippen molar-refractivity contribution in [2.75, 3.05) is 5.32 Å². The Morgan fingerprint density at radius 3 is 2.52 bits per heavy atom. The first-order chi connectivity index (χ1) is 14.0. The number of ether oxygens (including phenoxy) is 1. The molecule has 0 bridgehead atoms. The van der Waals surface area contributed by atoms with Crippen molar-refractivity contribution in [1.29, 1.82) is 0 Å². The second-order valence-corrected chi connectivity index (χ2v) is 6.37. The molecule has 29 heavy (non-hydrogen) atoms. The van der Waals surface area contributed by atoms with Crippen LogP contribution in [0.5, 0.6) is 0 Å². The summed E-state index contributed by atoms with van der Waals surface area (Å²) < 4.78 is 23.5. The van der Waals surface area contributed by atoms with Gasteiger partial charge in [-0.25, -0.2) is 9.18 Å². The van der Waals surface area contributed by atoms with Crippen LogP contribution in [0.15, 0.2) is 71.3 Å². The zero-order valence-electron chi connectivity index (χ0n) is 15.9. The van der Waals surface area contributed by atoms with Crippen LogP contribution in [0.2, 0.25) is 0 Å². The number of furan rings is 1. The maximum Gasteiger partial charge on any atom is 0.341 e. The SMILES string of the molecule is C[C@@H](OC(=O)c1ccccc1NCc1ccco1)C(=O)NCc1ccc(F)cc1. The number of nitrogens with one attached hydrogen (secondary N) is 2. The summed E-state index contributed by atoms with van der Waals surface area (Å²) in [4.78, 5) is 24.8. The molecule has 7 heteroatoms. The highest BCUT2D eigenvalue weighted by atomic mass is 19.1. The van der Waals surface area contributed by atoms with Crippen LogP contribution < -0.4 is 10.6 Å². The number of amides is 1. The van der Waals surface area contributed by atoms with Crippen molar-refractivity contribution in [1.82, 2.24) is 5.32 Å². The van der Waals surface area contributed by atoms with Crippen LogP contribution in [0.4, 0.5) is 10.1 Å². The summed E-state index contributed by atoms with van der Waals surface area (Å²) in [5, 5.41) is 5.79. The van der Waals surface area contributed by atoms with E-state index in [-0.39, 0.29) is 12.4 Å². The van der Waals surface area contributed by atoms with E-state index >= 15 is 0 Å². The summed E-state index contributed by atoms with van der Waals surface area (Å²) in [6, 6.07) is 16.3. The Hall–Kier alpha value is -3.61. The van der Waals surface area contributed by atoms with Gasteiger partial charge in [0.2, 0.25) is 0 Å². The minimum Gasteiger partial charge on any atom is -0.467 e. The number of carbonyl (C=O) groups excluding carboxylic acids is 2. The van der Waals surface area contributed by atoms with Gasteiger partial charge in [0.15, 0.2) is 6.10 Å². The van der Waals surface area contributed by atoms with Crippen LogP contribution in [0, 0.1) is 5.82 Å². The number of carbonyl (C=O) groups is 2. The zero-order chi connectivity index (χ0) is 20.6. The highest BCUT2D eigenvalue weighted by molar-refractivity contribution is 5.97. The second kappa shape index (κ2) is 9.54. The summed E-state index contributed by atoms with van der Waals surface area (Å²) >= 11 is 0. The Morgan fingerprint density at radius 2 is 1.79 bits per heavy atom. The van der Waals surface area contributed by atoms with Crippen molar-refractivity contribution >= 4 is 17.6 Å². The van der Waals surface area contributed by atoms with Crippen molar-refractivity contribution < 1.29 is 23.1 Å². The number of halogens is 1. The van der Waals surface area contributed by atoms with E-state index in [4.69, 9.17) is 9.15 Å². The molecule has 1 atom stereocenters. The molecule has 1 heterocycles. The highest BCUT2D eigenvalue weighted by Crippen LogP contribution is 2.18. The quantitative estimate of drug-likeness (QED) is 0.565. The van der Waals surface area contributed by atoms with Gasteiger partial charge in [0.25, 0.3) is 5.91 Å². The van der Waals surface area contributed by atoms with Crippen LogP contribution >= 0.6 is 0 Å². The molecule has 2 aromatic carbocycles. The number of anilines is 1. The van der Waals surface area contributed by atoms with E-state index in [1.54, 1.807) is 48.7 Å². The molecule has 1 aromatic heterocycles. The Labute approximate surface area is 167 Å². The fourth-order valence-electron chi connectivity index (χ4n) is 2.62. The number of para-hydroxylation sites is 1. The van der Waals surface area contributed by atoms with Crippen molar-refractivity contribution in [2.24, 2.45) is 0 Å². The van der Waals surface area contributed by atoms with Gasteiger partial charge in [-0.15, -0.1) is 0 Å². The van der Waals surface area contributed by atoms with Gasteiger partial charge < -0.3 is 19.8 Å². The molecule has 0 saturated carbocycles. The van der Waals surface area contributed by atoms with E-state index in [9.17, 15) is 14.0 Å². The first kappa shape index (κ1) is 20.1. The molecule has 0 unspecified atom stereocenters. The minimum absolute atomic E-state index is 0.211. The van der Waals surface area contributed by atoms with E-state index in [0.29, 0.717) is 17.8 Å². The summed E-state index contributed by atoms with van der Waals surface area (Å²) in [5.74, 6) is -0.677. The van der Waals surface area contributed by atoms with Crippen LogP contribution in [0.3, 0.4) is 0 Å². The molecule has 0 aliphatic carbocycles. The number of benzene rings is 2. The van der Waals surface area contributed by atoms with Gasteiger partial charge in [0.1, 0.15) is 11.6 Å². The number of rotatable bonds is 8.